The molecule has 1 unspecified atom stereocenters. The molecule has 2 fully saturated rings. The third kappa shape index (κ3) is 7.22. The fraction of sp³-hybridized carbons (Fsp3) is 0.579. The molecule has 0 radical (unpaired) electrons. The summed E-state index contributed by atoms with van der Waals surface area (Å²) in [5.41, 5.74) is 2.35. The molecule has 0 spiro atoms. The van der Waals surface area contributed by atoms with E-state index in [-0.39, 0.29) is 36.6 Å². The summed E-state index contributed by atoms with van der Waals surface area (Å²) in [5, 5.41) is 8.98. The zero-order valence-corrected chi connectivity index (χ0v) is 17.8. The summed E-state index contributed by atoms with van der Waals surface area (Å²) in [7, 11) is 0. The maximum atomic E-state index is 12.3. The fourth-order valence-corrected chi connectivity index (χ4v) is 3.30. The highest BCUT2D eigenvalue weighted by Gasteiger charge is 2.22. The number of nitrogens with one attached hydrogen (secondary N) is 3. The number of likely N-dealkylation sites (tertiary alicyclic amines) is 1. The van der Waals surface area contributed by atoms with Crippen LogP contribution in [0.3, 0.4) is 0 Å². The van der Waals surface area contributed by atoms with Crippen molar-refractivity contribution in [2.45, 2.75) is 32.3 Å². The number of benzene rings is 1. The normalized spacial score (nSPS) is 19.7. The number of nitrogens with zero attached hydrogens (tertiary/aromatic N) is 1. The van der Waals surface area contributed by atoms with Crippen molar-refractivity contribution >= 4 is 48.0 Å². The van der Waals surface area contributed by atoms with Crippen LogP contribution in [0.25, 0.3) is 0 Å². The summed E-state index contributed by atoms with van der Waals surface area (Å²) in [6.45, 7) is 6.13. The van der Waals surface area contributed by atoms with Crippen molar-refractivity contribution in [3.05, 3.63) is 23.8 Å². The first kappa shape index (κ1) is 24.7. The van der Waals surface area contributed by atoms with Crippen LogP contribution in [-0.2, 0) is 14.3 Å². The van der Waals surface area contributed by atoms with Crippen molar-refractivity contribution in [2.75, 3.05) is 50.0 Å². The Kier molecular flexibility index (Phi) is 10.8. The van der Waals surface area contributed by atoms with Gasteiger partial charge in [0.15, 0.2) is 0 Å². The number of aryl methyl sites for hydroxylation is 1. The van der Waals surface area contributed by atoms with Crippen LogP contribution >= 0.6 is 24.8 Å². The molecule has 2 aliphatic heterocycles. The van der Waals surface area contributed by atoms with Crippen molar-refractivity contribution in [1.29, 1.82) is 0 Å². The number of carbonyl (C=O) groups is 2. The second kappa shape index (κ2) is 12.2. The average Bonchev–Trinajstić information content (AvgIpc) is 2.66. The Labute approximate surface area is 178 Å². The van der Waals surface area contributed by atoms with Gasteiger partial charge in [-0.3, -0.25) is 14.5 Å². The number of halogens is 2. The molecule has 0 bridgehead atoms. The van der Waals surface area contributed by atoms with Gasteiger partial charge in [-0.1, -0.05) is 12.5 Å². The molecule has 7 nitrogen and oxygen atoms in total. The quantitative estimate of drug-likeness (QED) is 0.663. The minimum Gasteiger partial charge on any atom is -0.366 e. The number of amides is 2. The van der Waals surface area contributed by atoms with Gasteiger partial charge in [-0.2, -0.15) is 0 Å². The Morgan fingerprint density at radius 2 is 1.93 bits per heavy atom. The van der Waals surface area contributed by atoms with Gasteiger partial charge in [-0.25, -0.2) is 0 Å². The lowest BCUT2D eigenvalue weighted by Crippen LogP contribution is -2.45. The zero-order valence-electron chi connectivity index (χ0n) is 16.2. The smallest absolute Gasteiger partial charge is 0.254 e. The number of piperidine rings is 1. The largest absolute Gasteiger partial charge is 0.366 e. The molecule has 1 aromatic carbocycles. The van der Waals surface area contributed by atoms with E-state index in [4.69, 9.17) is 4.74 Å². The highest BCUT2D eigenvalue weighted by molar-refractivity contribution is 5.97. The van der Waals surface area contributed by atoms with Gasteiger partial charge >= 0.3 is 0 Å². The summed E-state index contributed by atoms with van der Waals surface area (Å²) < 4.78 is 5.47. The molecule has 1 atom stereocenters. The number of hydrogen-bond acceptors (Lipinski definition) is 5. The van der Waals surface area contributed by atoms with Crippen molar-refractivity contribution in [1.82, 2.24) is 10.2 Å². The molecule has 28 heavy (non-hydrogen) atoms. The highest BCUT2D eigenvalue weighted by Crippen LogP contribution is 2.21. The van der Waals surface area contributed by atoms with E-state index in [0.29, 0.717) is 25.4 Å². The minimum absolute atomic E-state index is 0. The van der Waals surface area contributed by atoms with Crippen molar-refractivity contribution in [3.8, 4) is 0 Å². The molecule has 2 saturated heterocycles. The number of anilines is 2. The van der Waals surface area contributed by atoms with Gasteiger partial charge in [0.1, 0.15) is 6.10 Å². The molecule has 9 heteroatoms. The van der Waals surface area contributed by atoms with E-state index < -0.39 is 6.10 Å². The number of morpholine rings is 1. The molecule has 1 aromatic rings. The van der Waals surface area contributed by atoms with Crippen LogP contribution in [0, 0.1) is 6.92 Å². The van der Waals surface area contributed by atoms with E-state index in [0.717, 1.165) is 43.7 Å². The van der Waals surface area contributed by atoms with E-state index in [1.165, 1.54) is 6.42 Å². The lowest BCUT2D eigenvalue weighted by atomic mass is 10.1. The number of rotatable bonds is 5. The predicted octanol–water partition coefficient (Wildman–Crippen LogP) is 2.19. The van der Waals surface area contributed by atoms with Crippen molar-refractivity contribution in [2.24, 2.45) is 0 Å². The van der Waals surface area contributed by atoms with Crippen LogP contribution in [0.2, 0.25) is 0 Å². The lowest BCUT2D eigenvalue weighted by Gasteiger charge is -2.25. The second-order valence-corrected chi connectivity index (χ2v) is 6.97. The molecule has 0 aliphatic carbocycles. The van der Waals surface area contributed by atoms with Crippen LogP contribution in [0.4, 0.5) is 11.4 Å². The van der Waals surface area contributed by atoms with Crippen LogP contribution in [0.1, 0.15) is 24.8 Å². The SMILES string of the molecule is Cc1ccc(NC(=O)C2CNCCO2)cc1NC(=O)CN1CCCCC1.Cl.Cl. The van der Waals surface area contributed by atoms with E-state index in [9.17, 15) is 9.59 Å². The van der Waals surface area contributed by atoms with Gasteiger partial charge in [-0.05, 0) is 50.6 Å². The van der Waals surface area contributed by atoms with Gasteiger partial charge in [0.25, 0.3) is 5.91 Å². The molecule has 3 rings (SSSR count). The lowest BCUT2D eigenvalue weighted by molar-refractivity contribution is -0.128. The van der Waals surface area contributed by atoms with Crippen molar-refractivity contribution < 1.29 is 14.3 Å². The molecule has 0 saturated carbocycles. The first-order valence-corrected chi connectivity index (χ1v) is 9.38. The second-order valence-electron chi connectivity index (χ2n) is 6.97. The molecule has 2 aliphatic rings. The highest BCUT2D eigenvalue weighted by atomic mass is 35.5. The van der Waals surface area contributed by atoms with Gasteiger partial charge in [0.05, 0.1) is 13.2 Å². The minimum atomic E-state index is -0.484. The Balaban J connectivity index is 0.00000196. The maximum absolute atomic E-state index is 12.3. The monoisotopic (exact) mass is 432 g/mol. The van der Waals surface area contributed by atoms with Gasteiger partial charge < -0.3 is 20.7 Å². The first-order chi connectivity index (χ1) is 12.6. The van der Waals surface area contributed by atoms with Crippen molar-refractivity contribution in [3.63, 3.8) is 0 Å². The molecule has 2 heterocycles. The molecule has 3 N–H and O–H groups in total. The van der Waals surface area contributed by atoms with Crippen LogP contribution in [0.15, 0.2) is 18.2 Å². The molecule has 158 valence electrons. The van der Waals surface area contributed by atoms with E-state index in [1.54, 1.807) is 6.07 Å². The molecular formula is C19H30Cl2N4O3. The first-order valence-electron chi connectivity index (χ1n) is 9.38. The molecule has 2 amide bonds. The van der Waals surface area contributed by atoms with Gasteiger partial charge in [0, 0.05) is 24.5 Å². The van der Waals surface area contributed by atoms with E-state index >= 15 is 0 Å². The average molecular weight is 433 g/mol. The van der Waals surface area contributed by atoms with Crippen LogP contribution < -0.4 is 16.0 Å². The Hall–Kier alpha value is -1.38. The summed E-state index contributed by atoms with van der Waals surface area (Å²) in [6, 6.07) is 5.54. The molecular weight excluding hydrogens is 403 g/mol. The van der Waals surface area contributed by atoms with Gasteiger partial charge in [-0.15, -0.1) is 24.8 Å². The van der Waals surface area contributed by atoms with Crippen LogP contribution in [-0.4, -0.2) is 62.1 Å². The number of ether oxygens (including phenoxy) is 1. The standard InChI is InChI=1S/C19H28N4O3.2ClH/c1-14-5-6-15(21-19(25)17-12-20-7-10-26-17)11-16(14)22-18(24)13-23-8-3-2-4-9-23;;/h5-6,11,17,20H,2-4,7-10,12-13H2,1H3,(H,21,25)(H,22,24);2*1H. The molecule has 0 aromatic heterocycles. The van der Waals surface area contributed by atoms with E-state index in [2.05, 4.69) is 20.9 Å². The maximum Gasteiger partial charge on any atom is 0.254 e. The summed E-state index contributed by atoms with van der Waals surface area (Å²) in [4.78, 5) is 26.8. The van der Waals surface area contributed by atoms with Crippen LogP contribution in [0.5, 0.6) is 0 Å². The summed E-state index contributed by atoms with van der Waals surface area (Å²) in [6.07, 6.45) is 3.08. The van der Waals surface area contributed by atoms with E-state index in [1.807, 2.05) is 19.1 Å². The number of carbonyl (C=O) groups excluding carboxylic acids is 2. The topological polar surface area (TPSA) is 82.7 Å². The summed E-state index contributed by atoms with van der Waals surface area (Å²) >= 11 is 0. The zero-order chi connectivity index (χ0) is 18.4. The van der Waals surface area contributed by atoms with Gasteiger partial charge in [0.2, 0.25) is 5.91 Å². The summed E-state index contributed by atoms with van der Waals surface area (Å²) in [5.74, 6) is -0.190. The Bertz CT molecular complexity index is 648. The Morgan fingerprint density at radius 3 is 2.61 bits per heavy atom. The fourth-order valence-electron chi connectivity index (χ4n) is 3.30. The predicted molar refractivity (Wildman–Crippen MR) is 116 cm³/mol. The Morgan fingerprint density at radius 1 is 1.18 bits per heavy atom. The number of hydrogen-bond donors (Lipinski definition) is 3. The third-order valence-corrected chi connectivity index (χ3v) is 4.82. The third-order valence-electron chi connectivity index (χ3n) is 4.82.